The van der Waals surface area contributed by atoms with Gasteiger partial charge < -0.3 is 10.2 Å². The molecule has 1 N–H and O–H groups in total. The zero-order valence-electron chi connectivity index (χ0n) is 12.1. The fraction of sp³-hybridized carbons (Fsp3) is 0.643. The van der Waals surface area contributed by atoms with Crippen LogP contribution in [0, 0.1) is 5.92 Å². The normalized spacial score (nSPS) is 22.7. The van der Waals surface area contributed by atoms with Crippen molar-refractivity contribution in [3.8, 4) is 0 Å². The van der Waals surface area contributed by atoms with Crippen molar-refractivity contribution in [3.63, 3.8) is 0 Å². The van der Waals surface area contributed by atoms with Crippen LogP contribution in [0.5, 0.6) is 0 Å². The maximum atomic E-state index is 12.7. The molecule has 0 radical (unpaired) electrons. The molecule has 7 heteroatoms. The fourth-order valence-corrected chi connectivity index (χ4v) is 4.13. The molecule has 0 unspecified atom stereocenters. The van der Waals surface area contributed by atoms with Gasteiger partial charge in [0, 0.05) is 19.2 Å². The van der Waals surface area contributed by atoms with Crippen LogP contribution in [0.15, 0.2) is 12.3 Å². The maximum Gasteiger partial charge on any atom is 0.246 e. The summed E-state index contributed by atoms with van der Waals surface area (Å²) in [5, 5.41) is 6.89. The lowest BCUT2D eigenvalue weighted by molar-refractivity contribution is -0.139. The fourth-order valence-electron chi connectivity index (χ4n) is 3.02. The minimum absolute atomic E-state index is 0.100. The molecule has 1 aromatic rings. The quantitative estimate of drug-likeness (QED) is 0.871. The smallest absolute Gasteiger partial charge is 0.246 e. The van der Waals surface area contributed by atoms with E-state index in [9.17, 15) is 9.59 Å². The molecule has 0 spiro atoms. The Bertz CT molecular complexity index is 539. The molecule has 3 rings (SSSR count). The minimum Gasteiger partial charge on any atom is -0.357 e. The van der Waals surface area contributed by atoms with Crippen LogP contribution in [0.2, 0.25) is 0 Å². The van der Waals surface area contributed by atoms with Gasteiger partial charge in [-0.2, -0.15) is 16.9 Å². The number of nitrogens with zero attached hydrogens (tertiary/aromatic N) is 3. The van der Waals surface area contributed by atoms with E-state index in [0.717, 1.165) is 30.0 Å². The van der Waals surface area contributed by atoms with E-state index in [-0.39, 0.29) is 17.7 Å². The van der Waals surface area contributed by atoms with Gasteiger partial charge in [0.2, 0.25) is 11.8 Å². The Labute approximate surface area is 128 Å². The third-order valence-corrected chi connectivity index (χ3v) is 5.27. The molecule has 2 aliphatic heterocycles. The van der Waals surface area contributed by atoms with Crippen LogP contribution >= 0.6 is 11.8 Å². The van der Waals surface area contributed by atoms with Crippen LogP contribution in [-0.2, 0) is 16.1 Å². The first-order valence-corrected chi connectivity index (χ1v) is 8.46. The van der Waals surface area contributed by atoms with Crippen LogP contribution in [0.25, 0.3) is 0 Å². The van der Waals surface area contributed by atoms with Crippen molar-refractivity contribution in [2.45, 2.75) is 25.4 Å². The number of thioether (sulfide) groups is 1. The highest BCUT2D eigenvalue weighted by atomic mass is 32.2. The standard InChI is InChI=1S/C14H20N4O2S/c1-15-13(19)12-9-17(8-11-2-5-16-18(11)12)14(20)10-3-6-21-7-4-10/h2,5,10,12H,3-4,6-9H2,1H3,(H,15,19)/t12-/m0/s1. The number of fused-ring (bicyclic) bond motifs is 1. The molecule has 0 saturated carbocycles. The second-order valence-electron chi connectivity index (χ2n) is 5.50. The summed E-state index contributed by atoms with van der Waals surface area (Å²) in [7, 11) is 1.62. The number of nitrogens with one attached hydrogen (secondary N) is 1. The number of aromatic nitrogens is 2. The second kappa shape index (κ2) is 6.09. The average Bonchev–Trinajstić information content (AvgIpc) is 3.01. The average molecular weight is 308 g/mol. The van der Waals surface area contributed by atoms with E-state index in [4.69, 9.17) is 0 Å². The Balaban J connectivity index is 1.79. The van der Waals surface area contributed by atoms with Crippen LogP contribution < -0.4 is 5.32 Å². The Morgan fingerprint density at radius 3 is 2.86 bits per heavy atom. The first-order valence-electron chi connectivity index (χ1n) is 7.31. The van der Waals surface area contributed by atoms with E-state index in [1.165, 1.54) is 0 Å². The summed E-state index contributed by atoms with van der Waals surface area (Å²) >= 11 is 1.91. The number of likely N-dealkylation sites (N-methyl/N-ethyl adjacent to an activating group) is 1. The lowest BCUT2D eigenvalue weighted by Crippen LogP contribution is -2.48. The van der Waals surface area contributed by atoms with Crippen LogP contribution in [-0.4, -0.2) is 51.6 Å². The molecule has 1 aromatic heterocycles. The van der Waals surface area contributed by atoms with Crippen molar-refractivity contribution in [1.29, 1.82) is 0 Å². The van der Waals surface area contributed by atoms with Crippen molar-refractivity contribution in [2.75, 3.05) is 25.1 Å². The van der Waals surface area contributed by atoms with E-state index in [0.29, 0.717) is 13.1 Å². The van der Waals surface area contributed by atoms with Crippen molar-refractivity contribution in [2.24, 2.45) is 5.92 Å². The van der Waals surface area contributed by atoms with E-state index in [2.05, 4.69) is 10.4 Å². The van der Waals surface area contributed by atoms with Gasteiger partial charge in [0.25, 0.3) is 0 Å². The molecule has 0 aliphatic carbocycles. The van der Waals surface area contributed by atoms with Gasteiger partial charge in [0.05, 0.1) is 18.8 Å². The SMILES string of the molecule is CNC(=O)[C@@H]1CN(C(=O)C2CCSCC2)Cc2ccnn21. The van der Waals surface area contributed by atoms with Crippen LogP contribution in [0.1, 0.15) is 24.6 Å². The molecule has 21 heavy (non-hydrogen) atoms. The zero-order chi connectivity index (χ0) is 14.8. The summed E-state index contributed by atoms with van der Waals surface area (Å²) < 4.78 is 1.74. The Hall–Kier alpha value is -1.50. The molecule has 0 bridgehead atoms. The highest BCUT2D eigenvalue weighted by Gasteiger charge is 2.35. The molecule has 2 amide bonds. The molecule has 6 nitrogen and oxygen atoms in total. The van der Waals surface area contributed by atoms with Gasteiger partial charge in [0.1, 0.15) is 6.04 Å². The lowest BCUT2D eigenvalue weighted by atomic mass is 10.00. The van der Waals surface area contributed by atoms with Crippen molar-refractivity contribution < 1.29 is 9.59 Å². The highest BCUT2D eigenvalue weighted by molar-refractivity contribution is 7.99. The molecule has 2 aliphatic rings. The van der Waals surface area contributed by atoms with Crippen molar-refractivity contribution in [3.05, 3.63) is 18.0 Å². The van der Waals surface area contributed by atoms with Gasteiger partial charge in [-0.1, -0.05) is 0 Å². The van der Waals surface area contributed by atoms with E-state index in [1.807, 2.05) is 22.7 Å². The third kappa shape index (κ3) is 2.79. The summed E-state index contributed by atoms with van der Waals surface area (Å²) in [5.74, 6) is 2.32. The number of hydrogen-bond acceptors (Lipinski definition) is 4. The van der Waals surface area contributed by atoms with Crippen LogP contribution in [0.4, 0.5) is 0 Å². The Morgan fingerprint density at radius 1 is 1.38 bits per heavy atom. The predicted molar refractivity (Wildman–Crippen MR) is 80.8 cm³/mol. The first kappa shape index (κ1) is 14.4. The summed E-state index contributed by atoms with van der Waals surface area (Å²) in [6.45, 7) is 0.965. The van der Waals surface area contributed by atoms with Crippen molar-refractivity contribution in [1.82, 2.24) is 20.0 Å². The Morgan fingerprint density at radius 2 is 2.14 bits per heavy atom. The number of hydrogen-bond donors (Lipinski definition) is 1. The molecule has 0 aromatic carbocycles. The zero-order valence-corrected chi connectivity index (χ0v) is 12.9. The number of carbonyl (C=O) groups is 2. The summed E-state index contributed by atoms with van der Waals surface area (Å²) in [6.07, 6.45) is 3.59. The summed E-state index contributed by atoms with van der Waals surface area (Å²) in [6, 6.07) is 1.46. The van der Waals surface area contributed by atoms with Gasteiger partial charge in [0.15, 0.2) is 0 Å². The lowest BCUT2D eigenvalue weighted by Gasteiger charge is -2.35. The molecule has 114 valence electrons. The van der Waals surface area contributed by atoms with Gasteiger partial charge in [-0.3, -0.25) is 14.3 Å². The summed E-state index contributed by atoms with van der Waals surface area (Å²) in [4.78, 5) is 26.6. The van der Waals surface area contributed by atoms with Gasteiger partial charge in [-0.05, 0) is 30.4 Å². The molecule has 3 heterocycles. The summed E-state index contributed by atoms with van der Waals surface area (Å²) in [5.41, 5.74) is 0.924. The number of amides is 2. The topological polar surface area (TPSA) is 67.2 Å². The first-order chi connectivity index (χ1) is 10.2. The predicted octanol–water partition coefficient (Wildman–Crippen LogP) is 0.656. The minimum atomic E-state index is -0.421. The molecule has 1 saturated heterocycles. The highest BCUT2D eigenvalue weighted by Crippen LogP contribution is 2.28. The molecular formula is C14H20N4O2S. The van der Waals surface area contributed by atoms with E-state index in [1.54, 1.807) is 17.9 Å². The number of carbonyl (C=O) groups excluding carboxylic acids is 2. The van der Waals surface area contributed by atoms with E-state index >= 15 is 0 Å². The van der Waals surface area contributed by atoms with Gasteiger partial charge >= 0.3 is 0 Å². The molecule has 1 atom stereocenters. The van der Waals surface area contributed by atoms with Crippen molar-refractivity contribution >= 4 is 23.6 Å². The second-order valence-corrected chi connectivity index (χ2v) is 6.73. The van der Waals surface area contributed by atoms with Gasteiger partial charge in [-0.15, -0.1) is 0 Å². The van der Waals surface area contributed by atoms with E-state index < -0.39 is 6.04 Å². The molecular weight excluding hydrogens is 288 g/mol. The van der Waals surface area contributed by atoms with Crippen LogP contribution in [0.3, 0.4) is 0 Å². The van der Waals surface area contributed by atoms with Gasteiger partial charge in [-0.25, -0.2) is 0 Å². The third-order valence-electron chi connectivity index (χ3n) is 4.22. The number of rotatable bonds is 2. The Kier molecular flexibility index (Phi) is 4.19. The molecule has 1 fully saturated rings. The largest absolute Gasteiger partial charge is 0.357 e. The monoisotopic (exact) mass is 308 g/mol. The maximum absolute atomic E-state index is 12.7.